The van der Waals surface area contributed by atoms with Gasteiger partial charge in [-0.25, -0.2) is 0 Å². The number of amides is 1. The van der Waals surface area contributed by atoms with Gasteiger partial charge in [0.2, 0.25) is 5.91 Å². The molecular weight excluding hydrogens is 285 g/mol. The van der Waals surface area contributed by atoms with Crippen LogP contribution in [0.4, 0.5) is 18.9 Å². The lowest BCUT2D eigenvalue weighted by molar-refractivity contribution is -0.274. The molecule has 0 saturated heterocycles. The Bertz CT molecular complexity index is 485. The molecule has 1 fully saturated rings. The van der Waals surface area contributed by atoms with E-state index in [4.69, 9.17) is 0 Å². The van der Waals surface area contributed by atoms with Gasteiger partial charge in [0.15, 0.2) is 0 Å². The lowest BCUT2D eigenvalue weighted by Gasteiger charge is -2.13. The molecule has 1 amide bonds. The molecule has 0 heterocycles. The molecule has 2 N–H and O–H groups in total. The Morgan fingerprint density at radius 1 is 1.29 bits per heavy atom. The number of benzene rings is 1. The summed E-state index contributed by atoms with van der Waals surface area (Å²) in [7, 11) is 0. The van der Waals surface area contributed by atoms with Crippen LogP contribution in [-0.4, -0.2) is 24.9 Å². The molecule has 0 aliphatic heterocycles. The third-order valence-electron chi connectivity index (χ3n) is 3.24. The quantitative estimate of drug-likeness (QED) is 0.879. The lowest BCUT2D eigenvalue weighted by Crippen LogP contribution is -2.36. The van der Waals surface area contributed by atoms with E-state index in [0.717, 1.165) is 25.7 Å². The highest BCUT2D eigenvalue weighted by Gasteiger charge is 2.31. The molecule has 0 radical (unpaired) electrons. The van der Waals surface area contributed by atoms with E-state index in [1.807, 2.05) is 0 Å². The fourth-order valence-electron chi connectivity index (χ4n) is 2.33. The first-order valence-electron chi connectivity index (χ1n) is 6.81. The van der Waals surface area contributed by atoms with Gasteiger partial charge in [-0.05, 0) is 25.0 Å². The van der Waals surface area contributed by atoms with Crippen LogP contribution < -0.4 is 15.4 Å². The number of nitrogens with one attached hydrogen (secondary N) is 2. The number of carbonyl (C=O) groups is 1. The first-order chi connectivity index (χ1) is 9.92. The minimum absolute atomic E-state index is 0.0198. The second kappa shape index (κ2) is 6.69. The average Bonchev–Trinajstić information content (AvgIpc) is 2.87. The number of alkyl halides is 3. The molecular formula is C14H17F3N2O2. The SMILES string of the molecule is O=C(CNc1cccc(OC(F)(F)F)c1)NC1CCCC1. The Hall–Kier alpha value is -1.92. The second-order valence-electron chi connectivity index (χ2n) is 4.98. The number of rotatable bonds is 5. The Morgan fingerprint density at radius 2 is 2.00 bits per heavy atom. The highest BCUT2D eigenvalue weighted by Crippen LogP contribution is 2.25. The smallest absolute Gasteiger partial charge is 0.406 e. The molecule has 116 valence electrons. The summed E-state index contributed by atoms with van der Waals surface area (Å²) >= 11 is 0. The van der Waals surface area contributed by atoms with Crippen molar-refractivity contribution in [2.45, 2.75) is 38.1 Å². The molecule has 2 rings (SSSR count). The van der Waals surface area contributed by atoms with Gasteiger partial charge >= 0.3 is 6.36 Å². The summed E-state index contributed by atoms with van der Waals surface area (Å²) in [4.78, 5) is 11.7. The molecule has 4 nitrogen and oxygen atoms in total. The van der Waals surface area contributed by atoms with E-state index in [2.05, 4.69) is 15.4 Å². The number of halogens is 3. The van der Waals surface area contributed by atoms with Crippen molar-refractivity contribution in [1.82, 2.24) is 5.32 Å². The molecule has 0 spiro atoms. The molecule has 1 aliphatic rings. The van der Waals surface area contributed by atoms with Crippen molar-refractivity contribution in [2.24, 2.45) is 0 Å². The van der Waals surface area contributed by atoms with Crippen LogP contribution in [-0.2, 0) is 4.79 Å². The summed E-state index contributed by atoms with van der Waals surface area (Å²) in [6.45, 7) is 0.0198. The van der Waals surface area contributed by atoms with Crippen LogP contribution in [0.2, 0.25) is 0 Å². The highest BCUT2D eigenvalue weighted by molar-refractivity contribution is 5.81. The summed E-state index contributed by atoms with van der Waals surface area (Å²) < 4.78 is 40.1. The molecule has 1 aromatic rings. The van der Waals surface area contributed by atoms with Gasteiger partial charge in [-0.1, -0.05) is 18.9 Å². The number of hydrogen-bond donors (Lipinski definition) is 2. The van der Waals surface area contributed by atoms with Crippen molar-refractivity contribution in [3.05, 3.63) is 24.3 Å². The molecule has 0 aromatic heterocycles. The van der Waals surface area contributed by atoms with Crippen LogP contribution >= 0.6 is 0 Å². The van der Waals surface area contributed by atoms with E-state index in [9.17, 15) is 18.0 Å². The molecule has 1 aromatic carbocycles. The summed E-state index contributed by atoms with van der Waals surface area (Å²) in [5, 5.41) is 5.67. The van der Waals surface area contributed by atoms with Crippen LogP contribution in [0.1, 0.15) is 25.7 Å². The Balaban J connectivity index is 1.82. The van der Waals surface area contributed by atoms with Crippen LogP contribution in [0, 0.1) is 0 Å². The van der Waals surface area contributed by atoms with E-state index < -0.39 is 6.36 Å². The molecule has 1 aliphatic carbocycles. The zero-order valence-corrected chi connectivity index (χ0v) is 11.4. The largest absolute Gasteiger partial charge is 0.573 e. The molecule has 0 atom stereocenters. The van der Waals surface area contributed by atoms with Crippen molar-refractivity contribution in [3.63, 3.8) is 0 Å². The summed E-state index contributed by atoms with van der Waals surface area (Å²) in [6, 6.07) is 5.64. The normalized spacial score (nSPS) is 15.8. The van der Waals surface area contributed by atoms with E-state index in [0.29, 0.717) is 5.69 Å². The summed E-state index contributed by atoms with van der Waals surface area (Å²) in [6.07, 6.45) is -0.510. The van der Waals surface area contributed by atoms with Gasteiger partial charge in [0.25, 0.3) is 0 Å². The van der Waals surface area contributed by atoms with Crippen molar-refractivity contribution in [3.8, 4) is 5.75 Å². The Labute approximate surface area is 120 Å². The second-order valence-corrected chi connectivity index (χ2v) is 4.98. The van der Waals surface area contributed by atoms with Crippen LogP contribution in [0.5, 0.6) is 5.75 Å². The maximum Gasteiger partial charge on any atom is 0.573 e. The lowest BCUT2D eigenvalue weighted by atomic mass is 10.2. The van der Waals surface area contributed by atoms with Crippen LogP contribution in [0.3, 0.4) is 0 Å². The molecule has 7 heteroatoms. The minimum atomic E-state index is -4.72. The fourth-order valence-corrected chi connectivity index (χ4v) is 2.33. The van der Waals surface area contributed by atoms with Gasteiger partial charge in [-0.15, -0.1) is 13.2 Å². The first-order valence-corrected chi connectivity index (χ1v) is 6.81. The van der Waals surface area contributed by atoms with Gasteiger partial charge in [-0.3, -0.25) is 4.79 Å². The fraction of sp³-hybridized carbons (Fsp3) is 0.500. The molecule has 0 bridgehead atoms. The zero-order chi connectivity index (χ0) is 15.3. The highest BCUT2D eigenvalue weighted by atomic mass is 19.4. The van der Waals surface area contributed by atoms with Crippen molar-refractivity contribution >= 4 is 11.6 Å². The van der Waals surface area contributed by atoms with Gasteiger partial charge in [0.05, 0.1) is 6.54 Å². The Morgan fingerprint density at radius 3 is 2.67 bits per heavy atom. The average molecular weight is 302 g/mol. The standard InChI is InChI=1S/C14H17F3N2O2/c15-14(16,17)21-12-7-3-6-11(8-12)18-9-13(20)19-10-4-1-2-5-10/h3,6-8,10,18H,1-2,4-5,9H2,(H,19,20). The molecule has 21 heavy (non-hydrogen) atoms. The maximum atomic E-state index is 12.1. The predicted octanol–water partition coefficient (Wildman–Crippen LogP) is 3.06. The number of ether oxygens (including phenoxy) is 1. The van der Waals surface area contributed by atoms with Crippen molar-refractivity contribution in [1.29, 1.82) is 0 Å². The third-order valence-corrected chi connectivity index (χ3v) is 3.24. The minimum Gasteiger partial charge on any atom is -0.406 e. The molecule has 1 saturated carbocycles. The number of carbonyl (C=O) groups excluding carboxylic acids is 1. The van der Waals surface area contributed by atoms with Gasteiger partial charge in [0.1, 0.15) is 5.75 Å². The Kier molecular flexibility index (Phi) is 4.93. The maximum absolute atomic E-state index is 12.1. The van der Waals surface area contributed by atoms with Crippen molar-refractivity contribution in [2.75, 3.05) is 11.9 Å². The zero-order valence-electron chi connectivity index (χ0n) is 11.4. The topological polar surface area (TPSA) is 50.4 Å². The molecule has 0 unspecified atom stereocenters. The van der Waals surface area contributed by atoms with E-state index >= 15 is 0 Å². The summed E-state index contributed by atoms with van der Waals surface area (Å²) in [5.74, 6) is -0.479. The van der Waals surface area contributed by atoms with E-state index in [1.54, 1.807) is 6.07 Å². The number of anilines is 1. The van der Waals surface area contributed by atoms with Gasteiger partial charge < -0.3 is 15.4 Å². The van der Waals surface area contributed by atoms with Crippen molar-refractivity contribution < 1.29 is 22.7 Å². The van der Waals surface area contributed by atoms with E-state index in [-0.39, 0.29) is 24.2 Å². The van der Waals surface area contributed by atoms with Gasteiger partial charge in [-0.2, -0.15) is 0 Å². The van der Waals surface area contributed by atoms with E-state index in [1.165, 1.54) is 18.2 Å². The van der Waals surface area contributed by atoms with Gasteiger partial charge in [0, 0.05) is 17.8 Å². The van der Waals surface area contributed by atoms with Crippen LogP contribution in [0.25, 0.3) is 0 Å². The predicted molar refractivity (Wildman–Crippen MR) is 72.0 cm³/mol. The monoisotopic (exact) mass is 302 g/mol. The first kappa shape index (κ1) is 15.5. The summed E-state index contributed by atoms with van der Waals surface area (Å²) in [5.41, 5.74) is 0.401. The third kappa shape index (κ3) is 5.53. The van der Waals surface area contributed by atoms with Crippen LogP contribution in [0.15, 0.2) is 24.3 Å². The number of hydrogen-bond acceptors (Lipinski definition) is 3.